The van der Waals surface area contributed by atoms with Crippen LogP contribution in [0.2, 0.25) is 0 Å². The predicted molar refractivity (Wildman–Crippen MR) is 97.2 cm³/mol. The number of carbonyl (C=O) groups is 1. The third-order valence-corrected chi connectivity index (χ3v) is 4.19. The van der Waals surface area contributed by atoms with Crippen molar-refractivity contribution >= 4 is 22.6 Å². The lowest BCUT2D eigenvalue weighted by atomic mass is 10.2. The number of benzene rings is 2. The summed E-state index contributed by atoms with van der Waals surface area (Å²) in [6.45, 7) is 0.863. The van der Waals surface area contributed by atoms with E-state index in [-0.39, 0.29) is 19.2 Å². The molecule has 3 aromatic rings. The average Bonchev–Trinajstić information content (AvgIpc) is 3.13. The maximum absolute atomic E-state index is 12.3. The summed E-state index contributed by atoms with van der Waals surface area (Å²) >= 11 is 0. The first-order valence-corrected chi connectivity index (χ1v) is 8.27. The molecule has 4 rings (SSSR count). The molecular formula is C19H18N4O3. The Kier molecular flexibility index (Phi) is 4.27. The molecule has 0 bridgehead atoms. The Balaban J connectivity index is 1.40. The van der Waals surface area contributed by atoms with Crippen molar-refractivity contribution in [2.45, 2.75) is 6.54 Å². The zero-order valence-electron chi connectivity index (χ0n) is 14.3. The predicted octanol–water partition coefficient (Wildman–Crippen LogP) is 2.11. The third-order valence-electron chi connectivity index (χ3n) is 4.19. The number of hydrogen-bond donors (Lipinski definition) is 1. The van der Waals surface area contributed by atoms with Gasteiger partial charge in [-0.15, -0.1) is 0 Å². The molecule has 0 unspecified atom stereocenters. The number of anilines is 1. The molecule has 0 radical (unpaired) electrons. The molecule has 0 fully saturated rings. The molecule has 26 heavy (non-hydrogen) atoms. The van der Waals surface area contributed by atoms with Gasteiger partial charge in [0.25, 0.3) is 0 Å². The maximum Gasteiger partial charge on any atom is 0.239 e. The quantitative estimate of drug-likeness (QED) is 0.759. The number of nitrogens with one attached hydrogen (secondary N) is 1. The molecule has 1 aliphatic rings. The lowest BCUT2D eigenvalue weighted by Gasteiger charge is -2.19. The molecule has 1 aliphatic heterocycles. The maximum atomic E-state index is 12.3. The number of nitrogens with zero attached hydrogens (tertiary/aromatic N) is 3. The van der Waals surface area contributed by atoms with Crippen LogP contribution in [0.4, 0.5) is 5.82 Å². The van der Waals surface area contributed by atoms with E-state index in [4.69, 9.17) is 9.47 Å². The largest absolute Gasteiger partial charge is 0.454 e. The Morgan fingerprint density at radius 1 is 1.15 bits per heavy atom. The van der Waals surface area contributed by atoms with Crippen LogP contribution in [0.5, 0.6) is 11.5 Å². The number of rotatable bonds is 5. The number of carbonyl (C=O) groups excluding carboxylic acids is 1. The second-order valence-corrected chi connectivity index (χ2v) is 6.03. The molecular weight excluding hydrogens is 332 g/mol. The summed E-state index contributed by atoms with van der Waals surface area (Å²) in [4.78, 5) is 22.7. The highest BCUT2D eigenvalue weighted by atomic mass is 16.7. The van der Waals surface area contributed by atoms with Gasteiger partial charge in [0.2, 0.25) is 12.7 Å². The van der Waals surface area contributed by atoms with Crippen LogP contribution < -0.4 is 19.7 Å². The molecule has 1 N–H and O–H groups in total. The molecule has 0 saturated carbocycles. The lowest BCUT2D eigenvalue weighted by molar-refractivity contribution is -0.119. The Morgan fingerprint density at radius 3 is 2.92 bits per heavy atom. The SMILES string of the molecule is CN(CC(=O)NCc1ccc2c(c1)OCO2)c1ncnc2ccccc12. The molecule has 0 spiro atoms. The van der Waals surface area contributed by atoms with Crippen LogP contribution in [0.25, 0.3) is 10.9 Å². The highest BCUT2D eigenvalue weighted by Gasteiger charge is 2.15. The second-order valence-electron chi connectivity index (χ2n) is 6.03. The minimum Gasteiger partial charge on any atom is -0.454 e. The van der Waals surface area contributed by atoms with E-state index >= 15 is 0 Å². The van der Waals surface area contributed by atoms with Gasteiger partial charge in [-0.05, 0) is 29.8 Å². The van der Waals surface area contributed by atoms with Crippen LogP contribution in [0, 0.1) is 0 Å². The van der Waals surface area contributed by atoms with Gasteiger partial charge >= 0.3 is 0 Å². The third kappa shape index (κ3) is 3.23. The van der Waals surface area contributed by atoms with Gasteiger partial charge in [0, 0.05) is 19.0 Å². The molecule has 7 nitrogen and oxygen atoms in total. The number of fused-ring (bicyclic) bond motifs is 2. The normalized spacial score (nSPS) is 12.2. The van der Waals surface area contributed by atoms with Crippen molar-refractivity contribution in [3.8, 4) is 11.5 Å². The highest BCUT2D eigenvalue weighted by molar-refractivity contribution is 5.91. The van der Waals surface area contributed by atoms with Crippen LogP contribution >= 0.6 is 0 Å². The molecule has 132 valence electrons. The molecule has 1 aromatic heterocycles. The first-order chi connectivity index (χ1) is 12.7. The fourth-order valence-electron chi connectivity index (χ4n) is 2.89. The first kappa shape index (κ1) is 16.1. The van der Waals surface area contributed by atoms with Gasteiger partial charge in [-0.1, -0.05) is 18.2 Å². The highest BCUT2D eigenvalue weighted by Crippen LogP contribution is 2.32. The van der Waals surface area contributed by atoms with Crippen LogP contribution in [-0.4, -0.2) is 36.3 Å². The Hall–Kier alpha value is -3.35. The van der Waals surface area contributed by atoms with E-state index < -0.39 is 0 Å². The number of likely N-dealkylation sites (N-methyl/N-ethyl adjacent to an activating group) is 1. The Morgan fingerprint density at radius 2 is 2.00 bits per heavy atom. The molecule has 0 atom stereocenters. The van der Waals surface area contributed by atoms with Crippen molar-refractivity contribution in [2.24, 2.45) is 0 Å². The second kappa shape index (κ2) is 6.87. The minimum atomic E-state index is -0.0899. The summed E-state index contributed by atoms with van der Waals surface area (Å²) in [7, 11) is 1.84. The fraction of sp³-hybridized carbons (Fsp3) is 0.211. The Labute approximate surface area is 150 Å². The van der Waals surface area contributed by atoms with E-state index in [1.165, 1.54) is 6.33 Å². The van der Waals surface area contributed by atoms with Crippen molar-refractivity contribution in [1.82, 2.24) is 15.3 Å². The molecule has 0 aliphatic carbocycles. The van der Waals surface area contributed by atoms with Crippen molar-refractivity contribution in [1.29, 1.82) is 0 Å². The summed E-state index contributed by atoms with van der Waals surface area (Å²) in [6.07, 6.45) is 1.51. The smallest absolute Gasteiger partial charge is 0.239 e. The molecule has 2 heterocycles. The summed E-state index contributed by atoms with van der Waals surface area (Å²) in [5.74, 6) is 2.08. The monoisotopic (exact) mass is 350 g/mol. The van der Waals surface area contributed by atoms with Crippen molar-refractivity contribution < 1.29 is 14.3 Å². The van der Waals surface area contributed by atoms with Gasteiger partial charge in [-0.2, -0.15) is 0 Å². The van der Waals surface area contributed by atoms with Gasteiger partial charge in [0.05, 0.1) is 12.1 Å². The lowest BCUT2D eigenvalue weighted by Crippen LogP contribution is -2.35. The summed E-state index contributed by atoms with van der Waals surface area (Å²) in [5, 5.41) is 3.84. The van der Waals surface area contributed by atoms with Gasteiger partial charge in [-0.3, -0.25) is 4.79 Å². The van der Waals surface area contributed by atoms with E-state index in [1.807, 2.05) is 54.4 Å². The van der Waals surface area contributed by atoms with E-state index in [2.05, 4.69) is 15.3 Å². The molecule has 1 amide bonds. The number of ether oxygens (including phenoxy) is 2. The van der Waals surface area contributed by atoms with Gasteiger partial charge in [-0.25, -0.2) is 9.97 Å². The van der Waals surface area contributed by atoms with E-state index in [0.29, 0.717) is 12.3 Å². The standard InChI is InChI=1S/C19H18N4O3/c1-23(19-14-4-2-3-5-15(14)21-11-22-19)10-18(24)20-9-13-6-7-16-17(8-13)26-12-25-16/h2-8,11H,9-10,12H2,1H3,(H,20,24). The zero-order valence-corrected chi connectivity index (χ0v) is 14.3. The number of para-hydroxylation sites is 1. The van der Waals surface area contributed by atoms with E-state index in [9.17, 15) is 4.79 Å². The molecule has 2 aromatic carbocycles. The average molecular weight is 350 g/mol. The number of aromatic nitrogens is 2. The van der Waals surface area contributed by atoms with Gasteiger partial charge < -0.3 is 19.7 Å². The van der Waals surface area contributed by atoms with Crippen LogP contribution in [0.15, 0.2) is 48.8 Å². The topological polar surface area (TPSA) is 76.6 Å². The number of amides is 1. The zero-order chi connectivity index (χ0) is 17.9. The minimum absolute atomic E-state index is 0.0899. The number of hydrogen-bond acceptors (Lipinski definition) is 6. The van der Waals surface area contributed by atoms with Crippen LogP contribution in [0.3, 0.4) is 0 Å². The Bertz CT molecular complexity index is 955. The summed E-state index contributed by atoms with van der Waals surface area (Å²) < 4.78 is 10.6. The first-order valence-electron chi connectivity index (χ1n) is 8.27. The van der Waals surface area contributed by atoms with Crippen molar-refractivity contribution in [3.63, 3.8) is 0 Å². The van der Waals surface area contributed by atoms with Crippen LogP contribution in [-0.2, 0) is 11.3 Å². The van der Waals surface area contributed by atoms with E-state index in [0.717, 1.165) is 28.0 Å². The van der Waals surface area contributed by atoms with Gasteiger partial charge in [0.1, 0.15) is 12.1 Å². The molecule has 0 saturated heterocycles. The summed E-state index contributed by atoms with van der Waals surface area (Å²) in [6, 6.07) is 13.4. The van der Waals surface area contributed by atoms with Crippen molar-refractivity contribution in [3.05, 3.63) is 54.4 Å². The van der Waals surface area contributed by atoms with Gasteiger partial charge in [0.15, 0.2) is 11.5 Å². The molecule has 7 heteroatoms. The van der Waals surface area contributed by atoms with E-state index in [1.54, 1.807) is 0 Å². The van der Waals surface area contributed by atoms with Crippen molar-refractivity contribution in [2.75, 3.05) is 25.3 Å². The summed E-state index contributed by atoms with van der Waals surface area (Å²) in [5.41, 5.74) is 1.81. The fourth-order valence-corrected chi connectivity index (χ4v) is 2.89. The van der Waals surface area contributed by atoms with Crippen LogP contribution in [0.1, 0.15) is 5.56 Å².